The molecule has 4 rings (SSSR count). The molecule has 3 N–H and O–H groups in total. The Kier molecular flexibility index (Phi) is 5.78. The molecule has 0 fully saturated rings. The van der Waals surface area contributed by atoms with Crippen molar-refractivity contribution in [3.8, 4) is 11.5 Å². The summed E-state index contributed by atoms with van der Waals surface area (Å²) in [6, 6.07) is 19.8. The number of benzene rings is 3. The molecular formula is C22H21N3O2S2. The molecule has 29 heavy (non-hydrogen) atoms. The summed E-state index contributed by atoms with van der Waals surface area (Å²) in [6.07, 6.45) is 0. The number of nitrogens with one attached hydrogen (secondary N) is 2. The monoisotopic (exact) mass is 423 g/mol. The normalized spacial score (nSPS) is 10.8. The highest BCUT2D eigenvalue weighted by atomic mass is 32.2. The van der Waals surface area contributed by atoms with Gasteiger partial charge in [-0.1, -0.05) is 35.6 Å². The van der Waals surface area contributed by atoms with Crippen LogP contribution in [-0.4, -0.2) is 17.2 Å². The molecule has 0 saturated heterocycles. The second-order valence-electron chi connectivity index (χ2n) is 6.49. The van der Waals surface area contributed by atoms with E-state index in [1.807, 2.05) is 36.4 Å². The number of aromatic nitrogens is 1. The summed E-state index contributed by atoms with van der Waals surface area (Å²) in [4.78, 5) is 5.76. The van der Waals surface area contributed by atoms with Crippen molar-refractivity contribution in [2.45, 2.75) is 18.4 Å². The Hall–Kier alpha value is -2.90. The van der Waals surface area contributed by atoms with Crippen LogP contribution in [0.25, 0.3) is 10.2 Å². The maximum absolute atomic E-state index is 10.2. The van der Waals surface area contributed by atoms with Gasteiger partial charge in [0.2, 0.25) is 0 Å². The zero-order valence-electron chi connectivity index (χ0n) is 16.1. The highest BCUT2D eigenvalue weighted by molar-refractivity contribution is 8.00. The van der Waals surface area contributed by atoms with E-state index in [-0.39, 0.29) is 5.75 Å². The van der Waals surface area contributed by atoms with Gasteiger partial charge in [0.15, 0.2) is 16.6 Å². The van der Waals surface area contributed by atoms with Crippen molar-refractivity contribution in [1.82, 2.24) is 4.98 Å². The summed E-state index contributed by atoms with van der Waals surface area (Å²) in [5.41, 5.74) is 4.01. The molecule has 1 heterocycles. The average Bonchev–Trinajstić information content (AvgIpc) is 3.17. The van der Waals surface area contributed by atoms with Crippen molar-refractivity contribution in [3.63, 3.8) is 0 Å². The average molecular weight is 424 g/mol. The van der Waals surface area contributed by atoms with Crippen molar-refractivity contribution in [2.24, 2.45) is 0 Å². The van der Waals surface area contributed by atoms with Gasteiger partial charge < -0.3 is 19.9 Å². The summed E-state index contributed by atoms with van der Waals surface area (Å²) in [5.74, 6) is 0.650. The molecule has 0 amide bonds. The summed E-state index contributed by atoms with van der Waals surface area (Å²) >= 11 is 3.19. The van der Waals surface area contributed by atoms with Crippen LogP contribution in [0.15, 0.2) is 65.6 Å². The first-order valence-electron chi connectivity index (χ1n) is 9.12. The summed E-state index contributed by atoms with van der Waals surface area (Å²) in [5, 5.41) is 14.4. The molecule has 0 aliphatic rings. The Balaban J connectivity index is 1.36. The number of anilines is 2. The zero-order chi connectivity index (χ0) is 20.2. The molecule has 0 radical (unpaired) electrons. The van der Waals surface area contributed by atoms with Crippen LogP contribution in [0.2, 0.25) is 0 Å². The number of rotatable bonds is 7. The Morgan fingerprint density at radius 3 is 2.62 bits per heavy atom. The second kappa shape index (κ2) is 8.63. The van der Waals surface area contributed by atoms with Gasteiger partial charge in [0, 0.05) is 22.7 Å². The number of para-hydroxylation sites is 2. The number of nitrogens with zero attached hydrogens (tertiary/aromatic N) is 1. The number of fused-ring (bicyclic) bond motifs is 1. The van der Waals surface area contributed by atoms with E-state index in [1.54, 1.807) is 24.5 Å². The summed E-state index contributed by atoms with van der Waals surface area (Å²) in [7, 11) is 1.55. The van der Waals surface area contributed by atoms with Crippen LogP contribution in [0.1, 0.15) is 11.1 Å². The van der Waals surface area contributed by atoms with Crippen LogP contribution < -0.4 is 14.8 Å². The van der Waals surface area contributed by atoms with E-state index in [2.05, 4.69) is 40.1 Å². The van der Waals surface area contributed by atoms with Gasteiger partial charge in [0.05, 0.1) is 17.3 Å². The van der Waals surface area contributed by atoms with Crippen LogP contribution in [-0.2, 0) is 6.54 Å². The lowest BCUT2D eigenvalue weighted by Crippen LogP contribution is -2.00. The molecular weight excluding hydrogens is 402 g/mol. The number of ether oxygens (including phenoxy) is 1. The third-order valence-corrected chi connectivity index (χ3v) is 6.39. The molecule has 3 aromatic carbocycles. The SMILES string of the molecule is COc1cccc(CNc2ccc(SNc3nc4c(C)cccc4s3)cc2)c1O. The zero-order valence-corrected chi connectivity index (χ0v) is 17.7. The van der Waals surface area contributed by atoms with Crippen LogP contribution in [0, 0.1) is 6.92 Å². The van der Waals surface area contributed by atoms with Gasteiger partial charge in [-0.2, -0.15) is 0 Å². The maximum atomic E-state index is 10.2. The third kappa shape index (κ3) is 4.41. The fourth-order valence-corrected chi connectivity index (χ4v) is 4.56. The predicted octanol–water partition coefficient (Wildman–Crippen LogP) is 6.05. The maximum Gasteiger partial charge on any atom is 0.194 e. The Bertz CT molecular complexity index is 1130. The van der Waals surface area contributed by atoms with Gasteiger partial charge in [-0.15, -0.1) is 0 Å². The highest BCUT2D eigenvalue weighted by Gasteiger charge is 2.08. The van der Waals surface area contributed by atoms with Crippen molar-refractivity contribution in [1.29, 1.82) is 0 Å². The molecule has 0 unspecified atom stereocenters. The standard InChI is InChI=1S/C22H21N3O2S2/c1-14-5-3-8-19-20(14)24-22(28-19)25-29-17-11-9-16(10-12-17)23-13-15-6-4-7-18(27-2)21(15)26/h3-12,23,26H,13H2,1-2H3,(H,24,25). The largest absolute Gasteiger partial charge is 0.504 e. The molecule has 0 atom stereocenters. The minimum absolute atomic E-state index is 0.171. The number of hydrogen-bond donors (Lipinski definition) is 3. The van der Waals surface area contributed by atoms with Gasteiger partial charge >= 0.3 is 0 Å². The van der Waals surface area contributed by atoms with Gasteiger partial charge in [0.25, 0.3) is 0 Å². The molecule has 148 valence electrons. The van der Waals surface area contributed by atoms with Crippen LogP contribution >= 0.6 is 23.3 Å². The number of thiazole rings is 1. The molecule has 0 saturated carbocycles. The van der Waals surface area contributed by atoms with Gasteiger partial charge in [-0.3, -0.25) is 0 Å². The van der Waals surface area contributed by atoms with Gasteiger partial charge in [-0.05, 0) is 60.8 Å². The predicted molar refractivity (Wildman–Crippen MR) is 122 cm³/mol. The van der Waals surface area contributed by atoms with Crippen LogP contribution in [0.5, 0.6) is 11.5 Å². The van der Waals surface area contributed by atoms with E-state index in [0.29, 0.717) is 12.3 Å². The topological polar surface area (TPSA) is 66.4 Å². The van der Waals surface area contributed by atoms with Crippen molar-refractivity contribution in [2.75, 3.05) is 17.1 Å². The van der Waals surface area contributed by atoms with Crippen LogP contribution in [0.3, 0.4) is 0 Å². The highest BCUT2D eigenvalue weighted by Crippen LogP contribution is 2.32. The number of methoxy groups -OCH3 is 1. The van der Waals surface area contributed by atoms with E-state index in [1.165, 1.54) is 22.2 Å². The van der Waals surface area contributed by atoms with E-state index in [0.717, 1.165) is 26.8 Å². The van der Waals surface area contributed by atoms with Crippen molar-refractivity contribution < 1.29 is 9.84 Å². The molecule has 1 aromatic heterocycles. The Morgan fingerprint density at radius 2 is 1.86 bits per heavy atom. The number of phenolic OH excluding ortho intramolecular Hbond substituents is 1. The first-order valence-corrected chi connectivity index (χ1v) is 10.7. The van der Waals surface area contributed by atoms with E-state index >= 15 is 0 Å². The molecule has 0 aliphatic carbocycles. The fraction of sp³-hybridized carbons (Fsp3) is 0.136. The lowest BCUT2D eigenvalue weighted by molar-refractivity contribution is 0.371. The van der Waals surface area contributed by atoms with E-state index in [9.17, 15) is 5.11 Å². The molecule has 4 aromatic rings. The minimum Gasteiger partial charge on any atom is -0.504 e. The number of aryl methyl sites for hydroxylation is 1. The summed E-state index contributed by atoms with van der Waals surface area (Å²) < 4.78 is 9.67. The van der Waals surface area contributed by atoms with Gasteiger partial charge in [0.1, 0.15) is 0 Å². The first kappa shape index (κ1) is 19.4. The minimum atomic E-state index is 0.171. The van der Waals surface area contributed by atoms with Crippen molar-refractivity contribution >= 4 is 44.3 Å². The number of phenols is 1. The number of aromatic hydroxyl groups is 1. The van der Waals surface area contributed by atoms with Gasteiger partial charge in [-0.25, -0.2) is 4.98 Å². The third-order valence-electron chi connectivity index (χ3n) is 4.52. The first-order chi connectivity index (χ1) is 14.1. The smallest absolute Gasteiger partial charge is 0.194 e. The Morgan fingerprint density at radius 1 is 1.07 bits per heavy atom. The molecule has 0 bridgehead atoms. The number of hydrogen-bond acceptors (Lipinski definition) is 7. The van der Waals surface area contributed by atoms with E-state index < -0.39 is 0 Å². The Labute approximate surface area is 177 Å². The lowest BCUT2D eigenvalue weighted by Gasteiger charge is -2.11. The molecule has 7 heteroatoms. The molecule has 5 nitrogen and oxygen atoms in total. The second-order valence-corrected chi connectivity index (χ2v) is 8.40. The summed E-state index contributed by atoms with van der Waals surface area (Å²) in [6.45, 7) is 2.59. The van der Waals surface area contributed by atoms with E-state index in [4.69, 9.17) is 4.74 Å². The molecule has 0 aliphatic heterocycles. The quantitative estimate of drug-likeness (QED) is 0.314. The molecule has 0 spiro atoms. The van der Waals surface area contributed by atoms with Crippen molar-refractivity contribution in [3.05, 3.63) is 71.8 Å². The fourth-order valence-electron chi connectivity index (χ4n) is 2.95. The van der Waals surface area contributed by atoms with Crippen LogP contribution in [0.4, 0.5) is 10.8 Å². The lowest BCUT2D eigenvalue weighted by atomic mass is 10.2.